The number of hydrogen-bond donors (Lipinski definition) is 0. The molecule has 0 saturated heterocycles. The summed E-state index contributed by atoms with van der Waals surface area (Å²) in [6.07, 6.45) is 2.95. The highest BCUT2D eigenvalue weighted by molar-refractivity contribution is 5.74. The van der Waals surface area contributed by atoms with E-state index in [-0.39, 0.29) is 18.2 Å². The molecule has 3 unspecified atom stereocenters. The lowest BCUT2D eigenvalue weighted by atomic mass is 9.95. The Labute approximate surface area is 130 Å². The largest absolute Gasteiger partial charge is 0.479 e. The van der Waals surface area contributed by atoms with Gasteiger partial charge in [-0.25, -0.2) is 4.79 Å². The smallest absolute Gasteiger partial charge is 0.347 e. The van der Waals surface area contributed by atoms with E-state index in [1.54, 1.807) is 38.3 Å². The van der Waals surface area contributed by atoms with E-state index in [1.807, 2.05) is 6.07 Å². The lowest BCUT2D eigenvalue weighted by Crippen LogP contribution is -2.34. The molecule has 0 aliphatic heterocycles. The fraction of sp³-hybridized carbons (Fsp3) is 0.529. The molecule has 3 atom stereocenters. The number of rotatable bonds is 5. The predicted molar refractivity (Wildman–Crippen MR) is 80.4 cm³/mol. The summed E-state index contributed by atoms with van der Waals surface area (Å²) >= 11 is 0. The minimum Gasteiger partial charge on any atom is -0.479 e. The third kappa shape index (κ3) is 4.47. The van der Waals surface area contributed by atoms with Gasteiger partial charge in [-0.05, 0) is 44.4 Å². The zero-order valence-corrected chi connectivity index (χ0v) is 13.0. The van der Waals surface area contributed by atoms with Crippen molar-refractivity contribution >= 4 is 5.97 Å². The lowest BCUT2D eigenvalue weighted by Gasteiger charge is -2.28. The molecule has 1 aromatic carbocycles. The van der Waals surface area contributed by atoms with Crippen molar-refractivity contribution in [1.82, 2.24) is 0 Å². The van der Waals surface area contributed by atoms with E-state index >= 15 is 0 Å². The molecule has 0 spiro atoms. The van der Waals surface area contributed by atoms with Crippen molar-refractivity contribution in [3.8, 4) is 11.8 Å². The summed E-state index contributed by atoms with van der Waals surface area (Å²) in [6.45, 7) is 1.65. The summed E-state index contributed by atoms with van der Waals surface area (Å²) in [5.41, 5.74) is 0.494. The maximum atomic E-state index is 12.1. The van der Waals surface area contributed by atoms with Crippen LogP contribution in [-0.4, -0.2) is 31.4 Å². The number of benzene rings is 1. The van der Waals surface area contributed by atoms with Crippen molar-refractivity contribution in [3.05, 3.63) is 29.8 Å². The fourth-order valence-corrected chi connectivity index (χ4v) is 2.57. The standard InChI is InChI=1S/C17H21NO4/c1-12(21-15-7-3-5-13(9-15)11-18)17(19)22-16-8-4-6-14(10-16)20-2/h3,5,7,9,12,14,16H,4,6,8,10H2,1-2H3. The highest BCUT2D eigenvalue weighted by Crippen LogP contribution is 2.24. The highest BCUT2D eigenvalue weighted by atomic mass is 16.6. The summed E-state index contributed by atoms with van der Waals surface area (Å²) in [4.78, 5) is 12.1. The van der Waals surface area contributed by atoms with Gasteiger partial charge in [-0.1, -0.05) is 6.07 Å². The van der Waals surface area contributed by atoms with Gasteiger partial charge in [-0.2, -0.15) is 5.26 Å². The number of carbonyl (C=O) groups is 1. The van der Waals surface area contributed by atoms with Gasteiger partial charge in [0, 0.05) is 13.5 Å². The van der Waals surface area contributed by atoms with Crippen LogP contribution in [0.3, 0.4) is 0 Å². The third-order valence-electron chi connectivity index (χ3n) is 3.80. The first-order valence-electron chi connectivity index (χ1n) is 7.52. The average molecular weight is 303 g/mol. The van der Waals surface area contributed by atoms with Gasteiger partial charge in [0.15, 0.2) is 6.10 Å². The Hall–Kier alpha value is -2.06. The molecule has 0 bridgehead atoms. The molecular formula is C17H21NO4. The molecule has 1 saturated carbocycles. The van der Waals surface area contributed by atoms with Crippen LogP contribution in [0.5, 0.6) is 5.75 Å². The Morgan fingerprint density at radius 2 is 2.14 bits per heavy atom. The molecule has 22 heavy (non-hydrogen) atoms. The minimum atomic E-state index is -0.711. The maximum Gasteiger partial charge on any atom is 0.347 e. The molecule has 0 aromatic heterocycles. The van der Waals surface area contributed by atoms with Gasteiger partial charge in [-0.15, -0.1) is 0 Å². The summed E-state index contributed by atoms with van der Waals surface area (Å²) in [7, 11) is 1.68. The molecule has 0 amide bonds. The number of methoxy groups -OCH3 is 1. The molecule has 118 valence electrons. The monoisotopic (exact) mass is 303 g/mol. The first-order chi connectivity index (χ1) is 10.6. The Balaban J connectivity index is 1.87. The Morgan fingerprint density at radius 1 is 1.36 bits per heavy atom. The number of ether oxygens (including phenoxy) is 3. The molecular weight excluding hydrogens is 282 g/mol. The molecule has 1 aromatic rings. The van der Waals surface area contributed by atoms with Gasteiger partial charge in [0.05, 0.1) is 17.7 Å². The number of carbonyl (C=O) groups excluding carboxylic acids is 1. The second kappa shape index (κ2) is 7.81. The first-order valence-corrected chi connectivity index (χ1v) is 7.52. The van der Waals surface area contributed by atoms with Gasteiger partial charge >= 0.3 is 5.97 Å². The second-order valence-electron chi connectivity index (χ2n) is 5.48. The van der Waals surface area contributed by atoms with Crippen LogP contribution < -0.4 is 4.74 Å². The molecule has 0 heterocycles. The zero-order chi connectivity index (χ0) is 15.9. The van der Waals surface area contributed by atoms with Crippen molar-refractivity contribution in [2.24, 2.45) is 0 Å². The first kappa shape index (κ1) is 16.3. The summed E-state index contributed by atoms with van der Waals surface area (Å²) in [5.74, 6) is 0.103. The third-order valence-corrected chi connectivity index (χ3v) is 3.80. The average Bonchev–Trinajstić information content (AvgIpc) is 2.55. The van der Waals surface area contributed by atoms with E-state index in [0.29, 0.717) is 11.3 Å². The van der Waals surface area contributed by atoms with Crippen molar-refractivity contribution in [1.29, 1.82) is 5.26 Å². The Kier molecular flexibility index (Phi) is 5.79. The zero-order valence-electron chi connectivity index (χ0n) is 13.0. The number of hydrogen-bond acceptors (Lipinski definition) is 5. The van der Waals surface area contributed by atoms with Crippen LogP contribution >= 0.6 is 0 Å². The van der Waals surface area contributed by atoms with E-state index in [9.17, 15) is 4.79 Å². The molecule has 1 fully saturated rings. The van der Waals surface area contributed by atoms with Gasteiger partial charge in [0.25, 0.3) is 0 Å². The van der Waals surface area contributed by atoms with E-state index in [0.717, 1.165) is 25.7 Å². The predicted octanol–water partition coefficient (Wildman–Crippen LogP) is 2.83. The van der Waals surface area contributed by atoms with Crippen molar-refractivity contribution in [2.45, 2.75) is 50.9 Å². The van der Waals surface area contributed by atoms with E-state index in [4.69, 9.17) is 19.5 Å². The number of nitrogens with zero attached hydrogens (tertiary/aromatic N) is 1. The molecule has 0 N–H and O–H groups in total. The van der Waals surface area contributed by atoms with Crippen molar-refractivity contribution in [3.63, 3.8) is 0 Å². The second-order valence-corrected chi connectivity index (χ2v) is 5.48. The fourth-order valence-electron chi connectivity index (χ4n) is 2.57. The quantitative estimate of drug-likeness (QED) is 0.782. The SMILES string of the molecule is COC1CCCC(OC(=O)C(C)Oc2cccc(C#N)c2)C1. The van der Waals surface area contributed by atoms with E-state index < -0.39 is 6.10 Å². The minimum absolute atomic E-state index is 0.109. The van der Waals surface area contributed by atoms with Gasteiger partial charge in [-0.3, -0.25) is 0 Å². The molecule has 1 aliphatic carbocycles. The Morgan fingerprint density at radius 3 is 2.86 bits per heavy atom. The van der Waals surface area contributed by atoms with E-state index in [1.165, 1.54) is 0 Å². The topological polar surface area (TPSA) is 68.6 Å². The summed E-state index contributed by atoms with van der Waals surface area (Å²) in [6, 6.07) is 8.76. The van der Waals surface area contributed by atoms with Crippen molar-refractivity contribution < 1.29 is 19.0 Å². The van der Waals surface area contributed by atoms with Gasteiger partial charge in [0.2, 0.25) is 0 Å². The van der Waals surface area contributed by atoms with Crippen LogP contribution in [0.1, 0.15) is 38.2 Å². The van der Waals surface area contributed by atoms with Crippen LogP contribution in [0.15, 0.2) is 24.3 Å². The number of nitriles is 1. The van der Waals surface area contributed by atoms with Crippen LogP contribution in [0, 0.1) is 11.3 Å². The van der Waals surface area contributed by atoms with Crippen LogP contribution in [-0.2, 0) is 14.3 Å². The maximum absolute atomic E-state index is 12.1. The normalized spacial score (nSPS) is 22.4. The lowest BCUT2D eigenvalue weighted by molar-refractivity contribution is -0.160. The highest BCUT2D eigenvalue weighted by Gasteiger charge is 2.27. The summed E-state index contributed by atoms with van der Waals surface area (Å²) in [5, 5.41) is 8.86. The molecule has 5 heteroatoms. The van der Waals surface area contributed by atoms with Gasteiger partial charge in [0.1, 0.15) is 11.9 Å². The molecule has 1 aliphatic rings. The summed E-state index contributed by atoms with van der Waals surface area (Å²) < 4.78 is 16.4. The number of esters is 1. The van der Waals surface area contributed by atoms with Crippen LogP contribution in [0.4, 0.5) is 0 Å². The molecule has 0 radical (unpaired) electrons. The molecule has 2 rings (SSSR count). The van der Waals surface area contributed by atoms with Crippen LogP contribution in [0.25, 0.3) is 0 Å². The van der Waals surface area contributed by atoms with Crippen molar-refractivity contribution in [2.75, 3.05) is 7.11 Å². The molecule has 5 nitrogen and oxygen atoms in total. The Bertz CT molecular complexity index is 552. The van der Waals surface area contributed by atoms with E-state index in [2.05, 4.69) is 0 Å². The van der Waals surface area contributed by atoms with Gasteiger partial charge < -0.3 is 14.2 Å². The van der Waals surface area contributed by atoms with Crippen LogP contribution in [0.2, 0.25) is 0 Å².